The number of ether oxygens (including phenoxy) is 1. The lowest BCUT2D eigenvalue weighted by molar-refractivity contribution is -0.140. The van der Waals surface area contributed by atoms with Crippen LogP contribution in [0.15, 0.2) is 53.7 Å². The number of esters is 1. The first kappa shape index (κ1) is 26.2. The lowest BCUT2D eigenvalue weighted by atomic mass is 10.1. The molecular weight excluding hydrogens is 494 g/mol. The van der Waals surface area contributed by atoms with Gasteiger partial charge < -0.3 is 9.30 Å². The average molecular weight is 522 g/mol. The molecule has 3 heterocycles. The van der Waals surface area contributed by atoms with Gasteiger partial charge in [0.2, 0.25) is 5.78 Å². The number of carbonyl (C=O) groups excluding carboxylic acids is 2. The van der Waals surface area contributed by atoms with E-state index in [9.17, 15) is 14.4 Å². The molecule has 0 saturated carbocycles. The van der Waals surface area contributed by atoms with Gasteiger partial charge >= 0.3 is 5.97 Å². The van der Waals surface area contributed by atoms with Crippen LogP contribution in [0, 0.1) is 0 Å². The molecule has 192 valence electrons. The van der Waals surface area contributed by atoms with Crippen molar-refractivity contribution in [1.29, 1.82) is 0 Å². The van der Waals surface area contributed by atoms with E-state index >= 15 is 0 Å². The number of benzene rings is 1. The van der Waals surface area contributed by atoms with Crippen molar-refractivity contribution in [3.63, 3.8) is 0 Å². The fourth-order valence-electron chi connectivity index (χ4n) is 4.05. The minimum absolute atomic E-state index is 0.0698. The summed E-state index contributed by atoms with van der Waals surface area (Å²) < 4.78 is 8.13. The summed E-state index contributed by atoms with van der Waals surface area (Å²) in [4.78, 5) is 50.1. The van der Waals surface area contributed by atoms with Crippen LogP contribution < -0.4 is 5.56 Å². The van der Waals surface area contributed by atoms with Crippen LogP contribution in [0.5, 0.6) is 0 Å². The van der Waals surface area contributed by atoms with Gasteiger partial charge in [-0.25, -0.2) is 15.0 Å². The van der Waals surface area contributed by atoms with E-state index in [0.717, 1.165) is 24.8 Å². The topological polar surface area (TPSA) is 108 Å². The van der Waals surface area contributed by atoms with Gasteiger partial charge in [-0.05, 0) is 25.0 Å². The molecule has 0 bridgehead atoms. The number of nitrogens with zero attached hydrogens (tertiary/aromatic N) is 5. The summed E-state index contributed by atoms with van der Waals surface area (Å²) in [7, 11) is 1.31. The first-order valence-corrected chi connectivity index (χ1v) is 12.6. The van der Waals surface area contributed by atoms with Crippen molar-refractivity contribution in [2.24, 2.45) is 0 Å². The number of rotatable bonds is 11. The van der Waals surface area contributed by atoms with Crippen LogP contribution in [-0.2, 0) is 16.1 Å². The normalized spacial score (nSPS) is 11.1. The van der Waals surface area contributed by atoms with Crippen molar-refractivity contribution >= 4 is 29.1 Å². The zero-order chi connectivity index (χ0) is 26.4. The second kappa shape index (κ2) is 11.9. The number of Topliss-reactive ketones (excluding diaryl/α,β-unsaturated/α-hetero) is 1. The highest BCUT2D eigenvalue weighted by Gasteiger charge is 2.17. The van der Waals surface area contributed by atoms with E-state index in [1.165, 1.54) is 7.11 Å². The van der Waals surface area contributed by atoms with E-state index in [-0.39, 0.29) is 36.0 Å². The SMILES string of the molecule is CCCCCn1c(-c2cnc(C(=O)CCCC(=O)OC)nc2)cc(=O)n2cc(-c3ccc(Cl)cc3)nc12. The third kappa shape index (κ3) is 6.11. The van der Waals surface area contributed by atoms with Gasteiger partial charge in [0.1, 0.15) is 0 Å². The number of ketones is 1. The van der Waals surface area contributed by atoms with Crippen molar-refractivity contribution in [2.45, 2.75) is 52.0 Å². The summed E-state index contributed by atoms with van der Waals surface area (Å²) in [5.41, 5.74) is 2.53. The number of hydrogen-bond acceptors (Lipinski definition) is 7. The van der Waals surface area contributed by atoms with Crippen LogP contribution in [0.1, 0.15) is 56.1 Å². The molecular formula is C27H28ClN5O4. The van der Waals surface area contributed by atoms with Crippen LogP contribution in [-0.4, -0.2) is 42.8 Å². The van der Waals surface area contributed by atoms with E-state index in [2.05, 4.69) is 21.6 Å². The molecule has 3 aromatic heterocycles. The quantitative estimate of drug-likeness (QED) is 0.155. The highest BCUT2D eigenvalue weighted by molar-refractivity contribution is 6.30. The molecule has 0 aliphatic carbocycles. The van der Waals surface area contributed by atoms with Gasteiger partial charge in [-0.15, -0.1) is 0 Å². The van der Waals surface area contributed by atoms with Gasteiger partial charge in [0, 0.05) is 60.2 Å². The zero-order valence-electron chi connectivity index (χ0n) is 20.8. The summed E-state index contributed by atoms with van der Waals surface area (Å²) in [6.07, 6.45) is 8.47. The standard InChI is InChI=1S/C27H28ClN5O4/c1-3-4-5-13-32-22(19-15-29-26(30-16-19)23(34)7-6-8-25(36)37-2)14-24(35)33-17-21(31-27(32)33)18-9-11-20(28)12-10-18/h9-12,14-17H,3-8,13H2,1-2H3. The second-order valence-electron chi connectivity index (χ2n) is 8.68. The Hall–Kier alpha value is -3.85. The van der Waals surface area contributed by atoms with Gasteiger partial charge in [-0.2, -0.15) is 0 Å². The van der Waals surface area contributed by atoms with Crippen molar-refractivity contribution < 1.29 is 14.3 Å². The van der Waals surface area contributed by atoms with Gasteiger partial charge in [-0.3, -0.25) is 18.8 Å². The predicted molar refractivity (Wildman–Crippen MR) is 141 cm³/mol. The number of hydrogen-bond donors (Lipinski definition) is 0. The molecule has 1 aromatic carbocycles. The highest BCUT2D eigenvalue weighted by Crippen LogP contribution is 2.24. The predicted octanol–water partition coefficient (Wildman–Crippen LogP) is 4.99. The van der Waals surface area contributed by atoms with Crippen LogP contribution >= 0.6 is 11.6 Å². The molecule has 0 radical (unpaired) electrons. The van der Waals surface area contributed by atoms with Crippen LogP contribution in [0.25, 0.3) is 28.3 Å². The highest BCUT2D eigenvalue weighted by atomic mass is 35.5. The summed E-state index contributed by atoms with van der Waals surface area (Å²) in [5, 5.41) is 0.624. The van der Waals surface area contributed by atoms with Gasteiger partial charge in [-0.1, -0.05) is 43.5 Å². The largest absolute Gasteiger partial charge is 0.469 e. The summed E-state index contributed by atoms with van der Waals surface area (Å²) in [6.45, 7) is 2.78. The first-order chi connectivity index (χ1) is 17.9. The van der Waals surface area contributed by atoms with Crippen LogP contribution in [0.4, 0.5) is 0 Å². The lowest BCUT2D eigenvalue weighted by Crippen LogP contribution is -2.19. The molecule has 0 fully saturated rings. The van der Waals surface area contributed by atoms with E-state index in [1.807, 2.05) is 16.7 Å². The zero-order valence-corrected chi connectivity index (χ0v) is 21.6. The van der Waals surface area contributed by atoms with Crippen molar-refractivity contribution in [3.8, 4) is 22.5 Å². The summed E-state index contributed by atoms with van der Waals surface area (Å²) >= 11 is 6.03. The van der Waals surface area contributed by atoms with Gasteiger partial charge in [0.25, 0.3) is 5.56 Å². The number of imidazole rings is 1. The lowest BCUT2D eigenvalue weighted by Gasteiger charge is -2.14. The maximum atomic E-state index is 13.1. The maximum Gasteiger partial charge on any atom is 0.305 e. The average Bonchev–Trinajstić information content (AvgIpc) is 3.36. The Labute approximate surface area is 219 Å². The van der Waals surface area contributed by atoms with Crippen LogP contribution in [0.3, 0.4) is 0 Å². The number of fused-ring (bicyclic) bond motifs is 1. The number of carbonyl (C=O) groups is 2. The van der Waals surface area contributed by atoms with E-state index in [0.29, 0.717) is 40.7 Å². The first-order valence-electron chi connectivity index (χ1n) is 12.2. The molecule has 4 aromatic rings. The number of aromatic nitrogens is 5. The molecule has 0 aliphatic rings. The minimum Gasteiger partial charge on any atom is -0.469 e. The molecule has 0 spiro atoms. The summed E-state index contributed by atoms with van der Waals surface area (Å²) in [6, 6.07) is 8.85. The molecule has 0 N–H and O–H groups in total. The Kier molecular flexibility index (Phi) is 8.45. The van der Waals surface area contributed by atoms with E-state index in [4.69, 9.17) is 16.6 Å². The Balaban J connectivity index is 1.68. The van der Waals surface area contributed by atoms with Gasteiger partial charge in [0.15, 0.2) is 11.6 Å². The molecule has 0 amide bonds. The fraction of sp³-hybridized carbons (Fsp3) is 0.333. The van der Waals surface area contributed by atoms with E-state index < -0.39 is 0 Å². The van der Waals surface area contributed by atoms with Crippen molar-refractivity contribution in [3.05, 3.63) is 70.1 Å². The Morgan fingerprint density at radius 3 is 2.41 bits per heavy atom. The van der Waals surface area contributed by atoms with Crippen molar-refractivity contribution in [1.82, 2.24) is 23.9 Å². The molecule has 9 nitrogen and oxygen atoms in total. The second-order valence-corrected chi connectivity index (χ2v) is 9.11. The van der Waals surface area contributed by atoms with Crippen LogP contribution in [0.2, 0.25) is 5.02 Å². The van der Waals surface area contributed by atoms with Crippen molar-refractivity contribution in [2.75, 3.05) is 7.11 Å². The molecule has 37 heavy (non-hydrogen) atoms. The molecule has 0 aliphatic heterocycles. The summed E-state index contributed by atoms with van der Waals surface area (Å²) in [5.74, 6) is -0.0299. The Morgan fingerprint density at radius 2 is 1.73 bits per heavy atom. The minimum atomic E-state index is -0.362. The maximum absolute atomic E-state index is 13.1. The number of methoxy groups -OCH3 is 1. The molecule has 0 unspecified atom stereocenters. The number of aryl methyl sites for hydroxylation is 1. The molecule has 4 rings (SSSR count). The number of halogens is 1. The monoisotopic (exact) mass is 521 g/mol. The fourth-order valence-corrected chi connectivity index (χ4v) is 4.17. The Bertz CT molecular complexity index is 1460. The van der Waals surface area contributed by atoms with E-state index in [1.54, 1.807) is 41.2 Å². The molecule has 0 saturated heterocycles. The Morgan fingerprint density at radius 1 is 1.00 bits per heavy atom. The smallest absolute Gasteiger partial charge is 0.305 e. The van der Waals surface area contributed by atoms with Gasteiger partial charge in [0.05, 0.1) is 18.5 Å². The third-order valence-corrected chi connectivity index (χ3v) is 6.30. The number of unbranched alkanes of at least 4 members (excludes halogenated alkanes) is 2. The molecule has 0 atom stereocenters. The third-order valence-electron chi connectivity index (χ3n) is 6.05. The molecule has 10 heteroatoms.